The lowest BCUT2D eigenvalue weighted by Crippen LogP contribution is -2.08. The summed E-state index contributed by atoms with van der Waals surface area (Å²) in [6.45, 7) is 9.65. The van der Waals surface area contributed by atoms with Gasteiger partial charge in [-0.15, -0.1) is 0 Å². The third kappa shape index (κ3) is 13.3. The Morgan fingerprint density at radius 1 is 1.07 bits per heavy atom. The van der Waals surface area contributed by atoms with Gasteiger partial charge in [0.15, 0.2) is 0 Å². The van der Waals surface area contributed by atoms with E-state index in [0.717, 1.165) is 0 Å². The minimum Gasteiger partial charge on any atom is -0.198 e. The van der Waals surface area contributed by atoms with Gasteiger partial charge in [-0.05, 0) is 33.6 Å². The van der Waals surface area contributed by atoms with Crippen molar-refractivity contribution in [2.45, 2.75) is 53.6 Å². The summed E-state index contributed by atoms with van der Waals surface area (Å²) < 4.78 is 33.7. The van der Waals surface area contributed by atoms with Crippen LogP contribution >= 0.6 is 0 Å². The van der Waals surface area contributed by atoms with Crippen molar-refractivity contribution in [3.8, 4) is 6.07 Å². The fourth-order valence-electron chi connectivity index (χ4n) is 0.411. The van der Waals surface area contributed by atoms with Crippen LogP contribution in [0, 0.1) is 22.7 Å². The maximum atomic E-state index is 11.2. The summed E-state index contributed by atoms with van der Waals surface area (Å²) in [7, 11) is 0. The topological polar surface area (TPSA) is 23.8 Å². The Labute approximate surface area is 90.3 Å². The minimum atomic E-state index is -3.89. The number of hydrogen-bond acceptors (Lipinski definition) is 1. The Morgan fingerprint density at radius 3 is 1.33 bits per heavy atom. The minimum absolute atomic E-state index is 0.153. The predicted molar refractivity (Wildman–Crippen MR) is 55.2 cm³/mol. The van der Waals surface area contributed by atoms with E-state index in [1.165, 1.54) is 0 Å². The lowest BCUT2D eigenvalue weighted by molar-refractivity contribution is -0.147. The van der Waals surface area contributed by atoms with Gasteiger partial charge in [0, 0.05) is 5.41 Å². The molecule has 4 heteroatoms. The zero-order valence-corrected chi connectivity index (χ0v) is 10.1. The van der Waals surface area contributed by atoms with Crippen LogP contribution in [0.15, 0.2) is 0 Å². The van der Waals surface area contributed by atoms with Crippen LogP contribution in [-0.2, 0) is 0 Å². The molecule has 1 aliphatic rings. The zero-order valence-electron chi connectivity index (χ0n) is 10.1. The molecule has 1 aliphatic carbocycles. The molecule has 0 aromatic rings. The molecule has 0 heterocycles. The third-order valence-corrected chi connectivity index (χ3v) is 1.38. The van der Waals surface area contributed by atoms with E-state index in [2.05, 4.69) is 6.07 Å². The smallest absolute Gasteiger partial charge is 0.198 e. The van der Waals surface area contributed by atoms with Crippen molar-refractivity contribution in [3.63, 3.8) is 0 Å². The van der Waals surface area contributed by atoms with Gasteiger partial charge in [-0.25, -0.2) is 0 Å². The summed E-state index contributed by atoms with van der Waals surface area (Å²) in [5, 5.41) is 8.15. The van der Waals surface area contributed by atoms with E-state index in [0.29, 0.717) is 12.8 Å². The predicted octanol–water partition coefficient (Wildman–Crippen LogP) is 4.54. The van der Waals surface area contributed by atoms with E-state index >= 15 is 0 Å². The molecule has 1 nitrogen and oxygen atoms in total. The Kier molecular flexibility index (Phi) is 7.47. The lowest BCUT2D eigenvalue weighted by Gasteiger charge is -2.01. The summed E-state index contributed by atoms with van der Waals surface area (Å²) in [4.78, 5) is 0. The molecule has 1 saturated carbocycles. The van der Waals surface area contributed by atoms with Crippen LogP contribution in [0.4, 0.5) is 13.2 Å². The van der Waals surface area contributed by atoms with E-state index in [1.54, 1.807) is 0 Å². The number of halogens is 3. The summed E-state index contributed by atoms with van der Waals surface area (Å²) >= 11 is 0. The molecule has 1 rings (SSSR count). The SMILES string of the molecule is CC.CC(C)(C)C#N.FC(F)(F)C1CC1. The Hall–Kier alpha value is -0.720. The summed E-state index contributed by atoms with van der Waals surface area (Å²) in [6.07, 6.45) is -3.19. The second-order valence-corrected chi connectivity index (χ2v) is 4.18. The van der Waals surface area contributed by atoms with Gasteiger partial charge in [-0.1, -0.05) is 13.8 Å². The average molecular weight is 223 g/mol. The Balaban J connectivity index is 0. The van der Waals surface area contributed by atoms with Gasteiger partial charge >= 0.3 is 6.18 Å². The van der Waals surface area contributed by atoms with Gasteiger partial charge in [0.25, 0.3) is 0 Å². The van der Waals surface area contributed by atoms with Crippen molar-refractivity contribution in [3.05, 3.63) is 0 Å². The highest BCUT2D eigenvalue weighted by Gasteiger charge is 2.46. The van der Waals surface area contributed by atoms with Crippen LogP contribution < -0.4 is 0 Å². The fourth-order valence-corrected chi connectivity index (χ4v) is 0.411. The molecule has 0 N–H and O–H groups in total. The highest BCUT2D eigenvalue weighted by molar-refractivity contribution is 4.86. The molecule has 0 aromatic heterocycles. The Morgan fingerprint density at radius 2 is 1.33 bits per heavy atom. The first-order valence-electron chi connectivity index (χ1n) is 5.15. The largest absolute Gasteiger partial charge is 0.391 e. The second-order valence-electron chi connectivity index (χ2n) is 4.18. The molecule has 0 bridgehead atoms. The molecule has 0 amide bonds. The standard InChI is InChI=1S/C5H9N.C4H5F3.C2H6/c1-5(2,3)4-6;5-4(6,7)3-1-2-3;1-2/h1-3H3;3H,1-2H2;1-2H3. The van der Waals surface area contributed by atoms with Crippen molar-refractivity contribution in [1.82, 2.24) is 0 Å². The number of nitriles is 1. The maximum Gasteiger partial charge on any atom is 0.391 e. The van der Waals surface area contributed by atoms with Crippen molar-refractivity contribution < 1.29 is 13.2 Å². The van der Waals surface area contributed by atoms with Crippen LogP contribution in [0.3, 0.4) is 0 Å². The lowest BCUT2D eigenvalue weighted by atomic mass is 10.0. The molecule has 0 spiro atoms. The van der Waals surface area contributed by atoms with Crippen LogP contribution in [-0.4, -0.2) is 6.18 Å². The molecule has 0 radical (unpaired) electrons. The molecule has 0 atom stereocenters. The monoisotopic (exact) mass is 223 g/mol. The van der Waals surface area contributed by atoms with Crippen molar-refractivity contribution in [2.24, 2.45) is 11.3 Å². The van der Waals surface area contributed by atoms with Crippen molar-refractivity contribution in [1.29, 1.82) is 5.26 Å². The first-order chi connectivity index (χ1) is 6.67. The van der Waals surface area contributed by atoms with E-state index in [4.69, 9.17) is 5.26 Å². The zero-order chi connectivity index (χ0) is 12.7. The van der Waals surface area contributed by atoms with E-state index in [1.807, 2.05) is 34.6 Å². The number of rotatable bonds is 0. The molecular formula is C11H20F3N. The molecule has 15 heavy (non-hydrogen) atoms. The quantitative estimate of drug-likeness (QED) is 0.591. The molecule has 90 valence electrons. The first-order valence-corrected chi connectivity index (χ1v) is 5.15. The fraction of sp³-hybridized carbons (Fsp3) is 0.909. The molecule has 0 unspecified atom stereocenters. The Bertz CT molecular complexity index is 191. The summed E-state index contributed by atoms with van der Waals surface area (Å²) in [5.41, 5.74) is -0.153. The normalized spacial score (nSPS) is 15.1. The highest BCUT2D eigenvalue weighted by atomic mass is 19.4. The van der Waals surface area contributed by atoms with Crippen molar-refractivity contribution >= 4 is 0 Å². The summed E-state index contributed by atoms with van der Waals surface area (Å²) in [6, 6.07) is 2.10. The van der Waals surface area contributed by atoms with Gasteiger partial charge < -0.3 is 0 Å². The van der Waals surface area contributed by atoms with Crippen LogP contribution in [0.5, 0.6) is 0 Å². The molecular weight excluding hydrogens is 203 g/mol. The third-order valence-electron chi connectivity index (χ3n) is 1.38. The molecule has 0 saturated heterocycles. The van der Waals surface area contributed by atoms with Gasteiger partial charge in [-0.3, -0.25) is 0 Å². The van der Waals surface area contributed by atoms with E-state index in [9.17, 15) is 13.2 Å². The van der Waals surface area contributed by atoms with Gasteiger partial charge in [0.2, 0.25) is 0 Å². The number of alkyl halides is 3. The number of nitrogens with zero attached hydrogens (tertiary/aromatic N) is 1. The maximum absolute atomic E-state index is 11.2. The van der Waals surface area contributed by atoms with E-state index < -0.39 is 12.1 Å². The molecule has 1 fully saturated rings. The van der Waals surface area contributed by atoms with Gasteiger partial charge in [-0.2, -0.15) is 18.4 Å². The number of hydrogen-bond donors (Lipinski definition) is 0. The van der Waals surface area contributed by atoms with Crippen LogP contribution in [0.2, 0.25) is 0 Å². The van der Waals surface area contributed by atoms with Gasteiger partial charge in [0.1, 0.15) is 0 Å². The molecule has 0 aromatic carbocycles. The van der Waals surface area contributed by atoms with Crippen LogP contribution in [0.1, 0.15) is 47.5 Å². The first kappa shape index (κ1) is 16.7. The van der Waals surface area contributed by atoms with E-state index in [-0.39, 0.29) is 5.41 Å². The van der Waals surface area contributed by atoms with Crippen molar-refractivity contribution in [2.75, 3.05) is 0 Å². The van der Waals surface area contributed by atoms with Gasteiger partial charge in [0.05, 0.1) is 12.0 Å². The molecule has 0 aliphatic heterocycles. The second kappa shape index (κ2) is 6.71. The van der Waals surface area contributed by atoms with Crippen LogP contribution in [0.25, 0.3) is 0 Å². The highest BCUT2D eigenvalue weighted by Crippen LogP contribution is 2.43. The average Bonchev–Trinajstić information content (AvgIpc) is 2.88. The summed E-state index contributed by atoms with van der Waals surface area (Å²) in [5.74, 6) is -0.951.